The molecule has 4 heteroatoms. The summed E-state index contributed by atoms with van der Waals surface area (Å²) in [5.74, 6) is 8.40. The molecule has 0 aromatic heterocycles. The van der Waals surface area contributed by atoms with Crippen LogP contribution in [0.5, 0.6) is 0 Å². The molecule has 1 atom stereocenters. The minimum absolute atomic E-state index is 0.0351. The lowest BCUT2D eigenvalue weighted by Gasteiger charge is -2.12. The fourth-order valence-corrected chi connectivity index (χ4v) is 3.51. The van der Waals surface area contributed by atoms with Gasteiger partial charge in [0.15, 0.2) is 0 Å². The van der Waals surface area contributed by atoms with Crippen molar-refractivity contribution in [2.24, 2.45) is 5.92 Å². The number of thioether (sulfide) groups is 1. The first-order valence-electron chi connectivity index (χ1n) is 6.77. The Morgan fingerprint density at radius 1 is 1.55 bits per heavy atom. The Hall–Kier alpha value is -1.44. The summed E-state index contributed by atoms with van der Waals surface area (Å²) < 4.78 is 0. The Bertz CT molecular complexity index is 539. The second-order valence-electron chi connectivity index (χ2n) is 4.88. The van der Waals surface area contributed by atoms with E-state index in [0.29, 0.717) is 11.5 Å². The molecule has 1 aliphatic rings. The van der Waals surface area contributed by atoms with E-state index in [1.54, 1.807) is 0 Å². The zero-order valence-corrected chi connectivity index (χ0v) is 12.4. The second-order valence-corrected chi connectivity index (χ2v) is 6.03. The van der Waals surface area contributed by atoms with E-state index in [1.807, 2.05) is 36.9 Å². The molecule has 2 rings (SSSR count). The molecular weight excluding hydrogens is 270 g/mol. The average molecular weight is 289 g/mol. The van der Waals surface area contributed by atoms with Crippen molar-refractivity contribution in [2.45, 2.75) is 13.3 Å². The number of benzene rings is 1. The molecule has 1 saturated heterocycles. The van der Waals surface area contributed by atoms with Crippen molar-refractivity contribution in [2.75, 3.05) is 24.7 Å². The SMILES string of the molecule is Cc1c(C#CCO)cccc1C(=O)NCC1CCSC1. The Morgan fingerprint density at radius 3 is 3.10 bits per heavy atom. The predicted molar refractivity (Wildman–Crippen MR) is 82.9 cm³/mol. The summed E-state index contributed by atoms with van der Waals surface area (Å²) in [6.07, 6.45) is 1.19. The molecule has 1 unspecified atom stereocenters. The molecule has 1 aromatic rings. The number of aliphatic hydroxyl groups excluding tert-OH is 1. The van der Waals surface area contributed by atoms with E-state index in [2.05, 4.69) is 17.2 Å². The number of nitrogens with one attached hydrogen (secondary N) is 1. The Kier molecular flexibility index (Phi) is 5.51. The summed E-state index contributed by atoms with van der Waals surface area (Å²) in [7, 11) is 0. The lowest BCUT2D eigenvalue weighted by atomic mass is 10.0. The van der Waals surface area contributed by atoms with Crippen LogP contribution in [0.1, 0.15) is 27.9 Å². The largest absolute Gasteiger partial charge is 0.384 e. The number of carbonyl (C=O) groups excluding carboxylic acids is 1. The highest BCUT2D eigenvalue weighted by atomic mass is 32.2. The Labute approximate surface area is 124 Å². The Morgan fingerprint density at radius 2 is 2.40 bits per heavy atom. The quantitative estimate of drug-likeness (QED) is 0.835. The molecule has 0 bridgehead atoms. The number of hydrogen-bond acceptors (Lipinski definition) is 3. The number of aliphatic hydroxyl groups is 1. The Balaban J connectivity index is 2.05. The zero-order valence-electron chi connectivity index (χ0n) is 11.6. The summed E-state index contributed by atoms with van der Waals surface area (Å²) in [6, 6.07) is 5.51. The fraction of sp³-hybridized carbons (Fsp3) is 0.438. The van der Waals surface area contributed by atoms with Gasteiger partial charge in [-0.1, -0.05) is 17.9 Å². The summed E-state index contributed by atoms with van der Waals surface area (Å²) in [5.41, 5.74) is 2.33. The molecule has 3 nitrogen and oxygen atoms in total. The maximum absolute atomic E-state index is 12.2. The molecule has 1 aromatic carbocycles. The molecule has 20 heavy (non-hydrogen) atoms. The highest BCUT2D eigenvalue weighted by Crippen LogP contribution is 2.22. The van der Waals surface area contributed by atoms with Crippen LogP contribution in [-0.2, 0) is 0 Å². The molecule has 1 aliphatic heterocycles. The molecule has 0 radical (unpaired) electrons. The fourth-order valence-electron chi connectivity index (χ4n) is 2.23. The van der Waals surface area contributed by atoms with Crippen molar-refractivity contribution < 1.29 is 9.90 Å². The number of rotatable bonds is 3. The molecule has 106 valence electrons. The third kappa shape index (κ3) is 3.78. The van der Waals surface area contributed by atoms with Crippen molar-refractivity contribution >= 4 is 17.7 Å². The monoisotopic (exact) mass is 289 g/mol. The van der Waals surface area contributed by atoms with Crippen molar-refractivity contribution in [3.8, 4) is 11.8 Å². The van der Waals surface area contributed by atoms with Gasteiger partial charge in [-0.25, -0.2) is 0 Å². The van der Waals surface area contributed by atoms with Gasteiger partial charge in [-0.2, -0.15) is 11.8 Å². The van der Waals surface area contributed by atoms with Gasteiger partial charge in [0, 0.05) is 17.7 Å². The standard InChI is InChI=1S/C16H19NO2S/c1-12-14(5-3-8-18)4-2-6-15(12)16(19)17-10-13-7-9-20-11-13/h2,4,6,13,18H,7-11H2,1H3,(H,17,19). The van der Waals surface area contributed by atoms with E-state index in [4.69, 9.17) is 5.11 Å². The van der Waals surface area contributed by atoms with Crippen molar-refractivity contribution in [3.63, 3.8) is 0 Å². The van der Waals surface area contributed by atoms with Crippen molar-refractivity contribution in [3.05, 3.63) is 34.9 Å². The molecule has 1 amide bonds. The third-order valence-corrected chi connectivity index (χ3v) is 4.69. The molecular formula is C16H19NO2S. The summed E-state index contributed by atoms with van der Waals surface area (Å²) >= 11 is 1.95. The van der Waals surface area contributed by atoms with Gasteiger partial charge in [0.2, 0.25) is 0 Å². The van der Waals surface area contributed by atoms with Crippen LogP contribution in [0.3, 0.4) is 0 Å². The van der Waals surface area contributed by atoms with Gasteiger partial charge in [0.25, 0.3) is 5.91 Å². The van der Waals surface area contributed by atoms with E-state index in [-0.39, 0.29) is 12.5 Å². The van der Waals surface area contributed by atoms with Gasteiger partial charge < -0.3 is 10.4 Å². The molecule has 0 saturated carbocycles. The minimum Gasteiger partial charge on any atom is -0.384 e. The number of carbonyl (C=O) groups is 1. The third-order valence-electron chi connectivity index (χ3n) is 3.46. The normalized spacial score (nSPS) is 17.4. The van der Waals surface area contributed by atoms with Gasteiger partial charge >= 0.3 is 0 Å². The highest BCUT2D eigenvalue weighted by Gasteiger charge is 2.17. The minimum atomic E-state index is -0.171. The van der Waals surface area contributed by atoms with Crippen molar-refractivity contribution in [1.82, 2.24) is 5.32 Å². The smallest absolute Gasteiger partial charge is 0.251 e. The number of amides is 1. The van der Waals surface area contributed by atoms with Crippen LogP contribution in [0, 0.1) is 24.7 Å². The topological polar surface area (TPSA) is 49.3 Å². The van der Waals surface area contributed by atoms with Gasteiger partial charge in [-0.3, -0.25) is 4.79 Å². The maximum Gasteiger partial charge on any atom is 0.251 e. The van der Waals surface area contributed by atoms with Gasteiger partial charge in [-0.15, -0.1) is 0 Å². The first-order valence-corrected chi connectivity index (χ1v) is 7.93. The molecule has 0 aliphatic carbocycles. The van der Waals surface area contributed by atoms with Crippen LogP contribution >= 0.6 is 11.8 Å². The van der Waals surface area contributed by atoms with Crippen LogP contribution in [0.25, 0.3) is 0 Å². The lowest BCUT2D eigenvalue weighted by molar-refractivity contribution is 0.0948. The molecule has 2 N–H and O–H groups in total. The highest BCUT2D eigenvalue weighted by molar-refractivity contribution is 7.99. The van der Waals surface area contributed by atoms with Gasteiger partial charge in [-0.05, 0) is 48.5 Å². The lowest BCUT2D eigenvalue weighted by Crippen LogP contribution is -2.29. The van der Waals surface area contributed by atoms with Gasteiger partial charge in [0.1, 0.15) is 6.61 Å². The molecule has 1 fully saturated rings. The van der Waals surface area contributed by atoms with Crippen LogP contribution in [-0.4, -0.2) is 35.7 Å². The van der Waals surface area contributed by atoms with E-state index in [0.717, 1.165) is 23.4 Å². The second kappa shape index (κ2) is 7.37. The van der Waals surface area contributed by atoms with E-state index >= 15 is 0 Å². The van der Waals surface area contributed by atoms with Crippen molar-refractivity contribution in [1.29, 1.82) is 0 Å². The van der Waals surface area contributed by atoms with Crippen LogP contribution in [0.4, 0.5) is 0 Å². The van der Waals surface area contributed by atoms with Crippen LogP contribution in [0.15, 0.2) is 18.2 Å². The predicted octanol–water partition coefficient (Wildman–Crippen LogP) is 1.82. The zero-order chi connectivity index (χ0) is 14.4. The first kappa shape index (κ1) is 15.0. The van der Waals surface area contributed by atoms with Crippen LogP contribution < -0.4 is 5.32 Å². The summed E-state index contributed by atoms with van der Waals surface area (Å²) in [5, 5.41) is 11.8. The maximum atomic E-state index is 12.2. The first-order chi connectivity index (χ1) is 9.72. The van der Waals surface area contributed by atoms with E-state index < -0.39 is 0 Å². The summed E-state index contributed by atoms with van der Waals surface area (Å²) in [4.78, 5) is 12.2. The molecule has 1 heterocycles. The average Bonchev–Trinajstić information content (AvgIpc) is 2.97. The van der Waals surface area contributed by atoms with E-state index in [9.17, 15) is 4.79 Å². The van der Waals surface area contributed by atoms with Gasteiger partial charge in [0.05, 0.1) is 0 Å². The summed E-state index contributed by atoms with van der Waals surface area (Å²) in [6.45, 7) is 2.47. The molecule has 0 spiro atoms. The number of hydrogen-bond donors (Lipinski definition) is 2. The van der Waals surface area contributed by atoms with Crippen LogP contribution in [0.2, 0.25) is 0 Å². The van der Waals surface area contributed by atoms with E-state index in [1.165, 1.54) is 12.2 Å².